The topological polar surface area (TPSA) is 42.9 Å². The van der Waals surface area contributed by atoms with Crippen molar-refractivity contribution < 1.29 is 14.0 Å². The summed E-state index contributed by atoms with van der Waals surface area (Å²) >= 11 is 4.42. The Hall–Kier alpha value is 0.420. The van der Waals surface area contributed by atoms with E-state index in [0.717, 1.165) is 6.54 Å². The zero-order valence-corrected chi connectivity index (χ0v) is 6.55. The lowest BCUT2D eigenvalue weighted by molar-refractivity contribution is -0.855. The molecule has 1 atom stereocenters. The first kappa shape index (κ1) is 8.42. The van der Waals surface area contributed by atoms with Crippen LogP contribution in [0.15, 0.2) is 0 Å². The van der Waals surface area contributed by atoms with Crippen molar-refractivity contribution in [3.63, 3.8) is 0 Å². The Bertz CT molecular complexity index is 99.5. The van der Waals surface area contributed by atoms with Crippen LogP contribution < -0.4 is 5.48 Å². The van der Waals surface area contributed by atoms with Gasteiger partial charge < -0.3 is 0 Å². The standard InChI is InChI=1S/C3H9NO2S2/c1-3-4-6-8(2,5)7/h4H,3H2,1-2H3/q+1/p+1. The van der Waals surface area contributed by atoms with Gasteiger partial charge in [0.15, 0.2) is 6.26 Å². The van der Waals surface area contributed by atoms with E-state index in [4.69, 9.17) is 0 Å². The van der Waals surface area contributed by atoms with Crippen molar-refractivity contribution in [2.45, 2.75) is 6.92 Å². The van der Waals surface area contributed by atoms with E-state index in [9.17, 15) is 4.21 Å². The second-order valence-corrected chi connectivity index (χ2v) is 4.79. The van der Waals surface area contributed by atoms with Gasteiger partial charge in [0.2, 0.25) is 0 Å². The van der Waals surface area contributed by atoms with Gasteiger partial charge in [-0.25, -0.2) is 0 Å². The van der Waals surface area contributed by atoms with Crippen LogP contribution in [0.2, 0.25) is 0 Å². The van der Waals surface area contributed by atoms with E-state index in [1.54, 1.807) is 0 Å². The van der Waals surface area contributed by atoms with Crippen LogP contribution in [0.3, 0.4) is 0 Å². The fraction of sp³-hybridized carbons (Fsp3) is 1.00. The predicted molar refractivity (Wildman–Crippen MR) is 35.1 cm³/mol. The van der Waals surface area contributed by atoms with Gasteiger partial charge in [-0.1, -0.05) is 0 Å². The van der Waals surface area contributed by atoms with Crippen LogP contribution in [0.1, 0.15) is 6.92 Å². The van der Waals surface area contributed by atoms with E-state index >= 15 is 0 Å². The smallest absolute Gasteiger partial charge is 0.151 e. The lowest BCUT2D eigenvalue weighted by atomic mass is 10.8. The molecular formula is C3H10NO2S2+2. The highest BCUT2D eigenvalue weighted by Gasteiger charge is 2.20. The van der Waals surface area contributed by atoms with Crippen LogP contribution in [0.5, 0.6) is 0 Å². The number of quaternary nitrogens is 1. The Kier molecular flexibility index (Phi) is 3.63. The highest BCUT2D eigenvalue weighted by atomic mass is 33.1. The summed E-state index contributed by atoms with van der Waals surface area (Å²) in [5.74, 6) is 0. The van der Waals surface area contributed by atoms with Crippen molar-refractivity contribution in [2.24, 2.45) is 0 Å². The van der Waals surface area contributed by atoms with Gasteiger partial charge in [0.1, 0.15) is 6.54 Å². The molecule has 0 aliphatic rings. The van der Waals surface area contributed by atoms with Crippen molar-refractivity contribution in [1.82, 2.24) is 0 Å². The Morgan fingerprint density at radius 1 is 1.88 bits per heavy atom. The maximum Gasteiger partial charge on any atom is 0.347 e. The lowest BCUT2D eigenvalue weighted by Crippen LogP contribution is -2.83. The van der Waals surface area contributed by atoms with Crippen LogP contribution in [-0.4, -0.2) is 12.8 Å². The summed E-state index contributed by atoms with van der Waals surface area (Å²) < 4.78 is 15.1. The van der Waals surface area contributed by atoms with Crippen LogP contribution in [-0.2, 0) is 17.7 Å². The van der Waals surface area contributed by atoms with Crippen molar-refractivity contribution >= 4 is 20.9 Å². The Morgan fingerprint density at radius 3 is 2.50 bits per heavy atom. The summed E-state index contributed by atoms with van der Waals surface area (Å²) in [7, 11) is -2.41. The first-order valence-electron chi connectivity index (χ1n) is 2.26. The number of rotatable bonds is 3. The molecule has 49 valence electrons. The monoisotopic (exact) mass is 156 g/mol. The summed E-state index contributed by atoms with van der Waals surface area (Å²) in [4.78, 5) is 0. The van der Waals surface area contributed by atoms with Gasteiger partial charge in [-0.15, -0.1) is 0 Å². The fourth-order valence-corrected chi connectivity index (χ4v) is 0.742. The Labute approximate surface area is 55.2 Å². The van der Waals surface area contributed by atoms with Gasteiger partial charge in [-0.3, -0.25) is 0 Å². The number of hydrogen-bond acceptors (Lipinski definition) is 2. The molecular weight excluding hydrogens is 146 g/mol. The highest BCUT2D eigenvalue weighted by Crippen LogP contribution is 2.00. The Morgan fingerprint density at radius 2 is 2.38 bits per heavy atom. The summed E-state index contributed by atoms with van der Waals surface area (Å²) in [6.45, 7) is 2.63. The summed E-state index contributed by atoms with van der Waals surface area (Å²) in [6, 6.07) is 0. The van der Waals surface area contributed by atoms with E-state index in [1.165, 1.54) is 11.7 Å². The third kappa shape index (κ3) is 6.42. The number of hydroxylamine groups is 1. The quantitative estimate of drug-likeness (QED) is 0.345. The van der Waals surface area contributed by atoms with Crippen LogP contribution in [0.4, 0.5) is 0 Å². The molecule has 0 rings (SSSR count). The summed E-state index contributed by atoms with van der Waals surface area (Å²) in [6.07, 6.45) is 1.38. The molecule has 0 saturated heterocycles. The second-order valence-electron chi connectivity index (χ2n) is 1.38. The molecule has 8 heavy (non-hydrogen) atoms. The van der Waals surface area contributed by atoms with Gasteiger partial charge in [0, 0.05) is 4.28 Å². The molecule has 0 fully saturated rings. The van der Waals surface area contributed by atoms with E-state index in [-0.39, 0.29) is 0 Å². The third-order valence-corrected chi connectivity index (χ3v) is 1.13. The molecule has 0 aromatic carbocycles. The Balaban J connectivity index is 3.26. The van der Waals surface area contributed by atoms with E-state index in [1.807, 2.05) is 6.92 Å². The van der Waals surface area contributed by atoms with Crippen LogP contribution in [0.25, 0.3) is 0 Å². The second kappa shape index (κ2) is 3.45. The first-order valence-corrected chi connectivity index (χ1v) is 5.08. The summed E-state index contributed by atoms with van der Waals surface area (Å²) in [5.41, 5.74) is 1.45. The van der Waals surface area contributed by atoms with Gasteiger partial charge in [0.05, 0.1) is 0 Å². The van der Waals surface area contributed by atoms with E-state index < -0.39 is 9.25 Å². The maximum absolute atomic E-state index is 10.5. The van der Waals surface area contributed by atoms with Gasteiger partial charge in [0.25, 0.3) is 11.7 Å². The molecule has 0 aromatic rings. The minimum atomic E-state index is -2.41. The first-order chi connectivity index (χ1) is 3.56. The fourth-order valence-electron chi connectivity index (χ4n) is 0.192. The van der Waals surface area contributed by atoms with Crippen LogP contribution >= 0.6 is 11.7 Å². The normalized spacial score (nSPS) is 17.9. The molecule has 1 unspecified atom stereocenters. The number of hydrogen-bond donors (Lipinski definition) is 1. The van der Waals surface area contributed by atoms with Crippen LogP contribution in [0, 0.1) is 0 Å². The maximum atomic E-state index is 10.5. The number of nitrogens with two attached hydrogens (primary N) is 1. The average Bonchev–Trinajstić information content (AvgIpc) is 1.59. The molecule has 2 N–H and O–H groups in total. The molecule has 0 amide bonds. The van der Waals surface area contributed by atoms with Gasteiger partial charge >= 0.3 is 9.25 Å². The van der Waals surface area contributed by atoms with Crippen molar-refractivity contribution in [1.29, 1.82) is 0 Å². The molecule has 0 heterocycles. The molecule has 5 heteroatoms. The zero-order chi connectivity index (χ0) is 6.62. The SMILES string of the molecule is CC[NH2+]O[S+](C)(=O)[S]. The molecule has 1 radical (unpaired) electrons. The average molecular weight is 156 g/mol. The van der Waals surface area contributed by atoms with E-state index in [2.05, 4.69) is 15.9 Å². The minimum absolute atomic E-state index is 0.738. The molecule has 0 spiro atoms. The molecule has 0 saturated carbocycles. The van der Waals surface area contributed by atoms with Crippen molar-refractivity contribution in [3.05, 3.63) is 0 Å². The summed E-state index contributed by atoms with van der Waals surface area (Å²) in [5, 5.41) is 0. The molecule has 0 aliphatic carbocycles. The predicted octanol–water partition coefficient (Wildman–Crippen LogP) is -0.342. The van der Waals surface area contributed by atoms with Crippen molar-refractivity contribution in [2.75, 3.05) is 12.8 Å². The molecule has 0 aliphatic heterocycles. The molecule has 3 nitrogen and oxygen atoms in total. The van der Waals surface area contributed by atoms with Gasteiger partial charge in [-0.2, -0.15) is 5.48 Å². The van der Waals surface area contributed by atoms with Crippen molar-refractivity contribution in [3.8, 4) is 0 Å². The lowest BCUT2D eigenvalue weighted by Gasteiger charge is -1.89. The molecule has 0 aromatic heterocycles. The highest BCUT2D eigenvalue weighted by molar-refractivity contribution is 8.66. The molecule has 0 bridgehead atoms. The van der Waals surface area contributed by atoms with Gasteiger partial charge in [-0.05, 0) is 11.1 Å². The minimum Gasteiger partial charge on any atom is -0.151 e. The zero-order valence-electron chi connectivity index (χ0n) is 4.92. The third-order valence-electron chi connectivity index (χ3n) is 0.410. The largest absolute Gasteiger partial charge is 0.347 e. The van der Waals surface area contributed by atoms with E-state index in [0.29, 0.717) is 0 Å².